The second kappa shape index (κ2) is 9.73. The molecule has 1 saturated carbocycles. The molecule has 1 atom stereocenters. The van der Waals surface area contributed by atoms with Gasteiger partial charge < -0.3 is 19.5 Å². The minimum atomic E-state index is -0.656. The first-order valence-electron chi connectivity index (χ1n) is 12.4. The molecule has 184 valence electrons. The topological polar surface area (TPSA) is 84.5 Å². The van der Waals surface area contributed by atoms with Gasteiger partial charge in [0.25, 0.3) is 0 Å². The Morgan fingerprint density at radius 3 is 2.57 bits per heavy atom. The van der Waals surface area contributed by atoms with E-state index in [0.29, 0.717) is 12.3 Å². The van der Waals surface area contributed by atoms with Gasteiger partial charge in [0.15, 0.2) is 0 Å². The first-order chi connectivity index (χ1) is 16.9. The number of amides is 1. The molecule has 3 aromatic rings. The zero-order valence-electron chi connectivity index (χ0n) is 20.6. The fraction of sp³-hybridized carbons (Fsp3) is 0.481. The molecule has 1 unspecified atom stereocenters. The van der Waals surface area contributed by atoms with E-state index in [-0.39, 0.29) is 11.9 Å². The third-order valence-corrected chi connectivity index (χ3v) is 7.86. The van der Waals surface area contributed by atoms with Crippen molar-refractivity contribution in [2.45, 2.75) is 49.6 Å². The first-order valence-corrected chi connectivity index (χ1v) is 13.2. The molecule has 35 heavy (non-hydrogen) atoms. The Balaban J connectivity index is 1.32. The van der Waals surface area contributed by atoms with Gasteiger partial charge in [0.05, 0.1) is 12.1 Å². The molecule has 1 aliphatic carbocycles. The van der Waals surface area contributed by atoms with Gasteiger partial charge in [0.2, 0.25) is 5.91 Å². The number of carbonyl (C=O) groups excluding carboxylic acids is 1. The van der Waals surface area contributed by atoms with Crippen molar-refractivity contribution in [3.63, 3.8) is 0 Å². The van der Waals surface area contributed by atoms with Crippen molar-refractivity contribution in [1.82, 2.24) is 14.9 Å². The highest BCUT2D eigenvalue weighted by molar-refractivity contribution is 7.97. The van der Waals surface area contributed by atoms with E-state index in [1.807, 2.05) is 12.1 Å². The molecule has 1 saturated heterocycles. The molecule has 0 spiro atoms. The minimum absolute atomic E-state index is 0.100. The highest BCUT2D eigenvalue weighted by atomic mass is 32.2. The monoisotopic (exact) mass is 491 g/mol. The molecule has 2 fully saturated rings. The number of likely N-dealkylation sites (N-methyl/N-ethyl adjacent to an activating group) is 1. The number of benzene rings is 2. The zero-order chi connectivity index (χ0) is 24.6. The van der Waals surface area contributed by atoms with Crippen LogP contribution in [-0.4, -0.2) is 55.6 Å². The summed E-state index contributed by atoms with van der Waals surface area (Å²) in [5, 5.41) is 14.5. The van der Waals surface area contributed by atoms with Crippen LogP contribution in [0.25, 0.3) is 21.9 Å². The highest BCUT2D eigenvalue weighted by Gasteiger charge is 2.45. The normalized spacial score (nSPS) is 18.7. The Kier molecular flexibility index (Phi) is 6.67. The van der Waals surface area contributed by atoms with Gasteiger partial charge in [-0.25, -0.2) is 4.72 Å². The van der Waals surface area contributed by atoms with E-state index in [0.717, 1.165) is 65.9 Å². The number of anilines is 1. The number of furan rings is 1. The lowest BCUT2D eigenvalue weighted by Gasteiger charge is -2.34. The molecule has 7 nitrogen and oxygen atoms in total. The van der Waals surface area contributed by atoms with E-state index >= 15 is 0 Å². The Labute approximate surface area is 210 Å². The SMILES string of the molecule is CC(C)CC(NSc1ccc2oc3cc(N4CCN(C)CC4)ccc3c2c1)C(=O)NC1(C#N)CC1. The largest absolute Gasteiger partial charge is 0.456 e. The standard InChI is InChI=1S/C27H33N5O2S/c1-18(2)14-23(26(33)29-27(17-28)8-9-27)30-35-20-5-7-24-22(16-20)21-6-4-19(15-25(21)34-24)32-12-10-31(3)11-13-32/h4-7,15-16,18,23,30H,8-14H2,1-3H3,(H,29,33). The van der Waals surface area contributed by atoms with Crippen LogP contribution in [0.3, 0.4) is 0 Å². The summed E-state index contributed by atoms with van der Waals surface area (Å²) in [6.45, 7) is 8.39. The molecular formula is C27H33N5O2S. The van der Waals surface area contributed by atoms with Crippen LogP contribution in [0, 0.1) is 17.2 Å². The van der Waals surface area contributed by atoms with Crippen molar-refractivity contribution in [3.05, 3.63) is 36.4 Å². The lowest BCUT2D eigenvalue weighted by Crippen LogP contribution is -2.47. The fourth-order valence-corrected chi connectivity index (χ4v) is 5.40. The Hall–Kier alpha value is -2.73. The number of hydrogen-bond donors (Lipinski definition) is 2. The van der Waals surface area contributed by atoms with Gasteiger partial charge in [-0.15, -0.1) is 0 Å². The molecular weight excluding hydrogens is 458 g/mol. The van der Waals surface area contributed by atoms with Gasteiger partial charge in [-0.3, -0.25) is 4.79 Å². The summed E-state index contributed by atoms with van der Waals surface area (Å²) in [4.78, 5) is 18.7. The summed E-state index contributed by atoms with van der Waals surface area (Å²) in [7, 11) is 2.16. The molecule has 2 aliphatic rings. The smallest absolute Gasteiger partial charge is 0.239 e. The summed E-state index contributed by atoms with van der Waals surface area (Å²) in [6, 6.07) is 14.5. The number of nitrogens with one attached hydrogen (secondary N) is 2. The quantitative estimate of drug-likeness (QED) is 0.448. The van der Waals surface area contributed by atoms with Gasteiger partial charge >= 0.3 is 0 Å². The van der Waals surface area contributed by atoms with Crippen LogP contribution >= 0.6 is 11.9 Å². The van der Waals surface area contributed by atoms with Crippen LogP contribution in [0.4, 0.5) is 5.69 Å². The van der Waals surface area contributed by atoms with Crippen molar-refractivity contribution in [1.29, 1.82) is 5.26 Å². The second-order valence-electron chi connectivity index (χ2n) is 10.3. The van der Waals surface area contributed by atoms with E-state index < -0.39 is 5.54 Å². The van der Waals surface area contributed by atoms with Crippen LogP contribution in [0.5, 0.6) is 0 Å². The Bertz CT molecular complexity index is 1270. The van der Waals surface area contributed by atoms with Crippen LogP contribution in [0.15, 0.2) is 45.7 Å². The second-order valence-corrected chi connectivity index (χ2v) is 11.2. The number of nitriles is 1. The van der Waals surface area contributed by atoms with Crippen LogP contribution < -0.4 is 14.9 Å². The molecule has 1 aliphatic heterocycles. The molecule has 1 aromatic heterocycles. The third kappa shape index (κ3) is 5.27. The lowest BCUT2D eigenvalue weighted by molar-refractivity contribution is -0.123. The first kappa shape index (κ1) is 24.0. The summed E-state index contributed by atoms with van der Waals surface area (Å²) in [6.07, 6.45) is 2.17. The van der Waals surface area contributed by atoms with Crippen molar-refractivity contribution < 1.29 is 9.21 Å². The maximum absolute atomic E-state index is 12.9. The van der Waals surface area contributed by atoms with Crippen LogP contribution in [-0.2, 0) is 4.79 Å². The lowest BCUT2D eigenvalue weighted by atomic mass is 10.0. The van der Waals surface area contributed by atoms with Gasteiger partial charge in [-0.2, -0.15) is 5.26 Å². The number of fused-ring (bicyclic) bond motifs is 3. The van der Waals surface area contributed by atoms with Crippen molar-refractivity contribution in [2.24, 2.45) is 5.92 Å². The van der Waals surface area contributed by atoms with E-state index in [4.69, 9.17) is 4.42 Å². The average Bonchev–Trinajstić information content (AvgIpc) is 3.53. The van der Waals surface area contributed by atoms with E-state index in [9.17, 15) is 10.1 Å². The molecule has 5 rings (SSSR count). The summed E-state index contributed by atoms with van der Waals surface area (Å²) < 4.78 is 9.55. The van der Waals surface area contributed by atoms with Crippen LogP contribution in [0.2, 0.25) is 0 Å². The molecule has 0 radical (unpaired) electrons. The molecule has 1 amide bonds. The summed E-state index contributed by atoms with van der Waals surface area (Å²) >= 11 is 1.46. The number of piperazine rings is 1. The molecule has 2 heterocycles. The minimum Gasteiger partial charge on any atom is -0.456 e. The summed E-state index contributed by atoms with van der Waals surface area (Å²) in [5.74, 6) is 0.252. The molecule has 0 bridgehead atoms. The van der Waals surface area contributed by atoms with E-state index in [1.165, 1.54) is 17.6 Å². The Morgan fingerprint density at radius 2 is 1.89 bits per heavy atom. The summed E-state index contributed by atoms with van der Waals surface area (Å²) in [5.41, 5.74) is 2.31. The van der Waals surface area contributed by atoms with E-state index in [1.54, 1.807) is 0 Å². The van der Waals surface area contributed by atoms with Crippen molar-refractivity contribution in [2.75, 3.05) is 38.1 Å². The van der Waals surface area contributed by atoms with Gasteiger partial charge in [-0.1, -0.05) is 13.8 Å². The van der Waals surface area contributed by atoms with Gasteiger partial charge in [0, 0.05) is 53.6 Å². The molecule has 2 N–H and O–H groups in total. The molecule has 8 heteroatoms. The number of rotatable bonds is 8. The number of nitrogens with zero attached hydrogens (tertiary/aromatic N) is 3. The maximum atomic E-state index is 12.9. The van der Waals surface area contributed by atoms with Crippen LogP contribution in [0.1, 0.15) is 33.1 Å². The highest BCUT2D eigenvalue weighted by Crippen LogP contribution is 2.35. The maximum Gasteiger partial charge on any atom is 0.239 e. The van der Waals surface area contributed by atoms with Gasteiger partial charge in [0.1, 0.15) is 16.7 Å². The van der Waals surface area contributed by atoms with Crippen molar-refractivity contribution in [3.8, 4) is 6.07 Å². The average molecular weight is 492 g/mol. The zero-order valence-corrected chi connectivity index (χ0v) is 21.5. The predicted octanol–water partition coefficient (Wildman–Crippen LogP) is 4.52. The predicted molar refractivity (Wildman–Crippen MR) is 141 cm³/mol. The molecule has 2 aromatic carbocycles. The Morgan fingerprint density at radius 1 is 1.11 bits per heavy atom. The fourth-order valence-electron chi connectivity index (χ4n) is 4.60. The number of hydrogen-bond acceptors (Lipinski definition) is 7. The van der Waals surface area contributed by atoms with Crippen molar-refractivity contribution >= 4 is 45.5 Å². The van der Waals surface area contributed by atoms with E-state index in [2.05, 4.69) is 71.1 Å². The van der Waals surface area contributed by atoms with Gasteiger partial charge in [-0.05, 0) is 74.5 Å². The number of carbonyl (C=O) groups is 1. The third-order valence-electron chi connectivity index (χ3n) is 6.96.